The van der Waals surface area contributed by atoms with Crippen LogP contribution in [0.25, 0.3) is 0 Å². The summed E-state index contributed by atoms with van der Waals surface area (Å²) in [6.07, 6.45) is 1.46. The van der Waals surface area contributed by atoms with E-state index in [0.717, 1.165) is 37.4 Å². The monoisotopic (exact) mass is 262 g/mol. The number of carbonyl (C=O) groups excluding carboxylic acids is 1. The lowest BCUT2D eigenvalue weighted by Crippen LogP contribution is -2.42. The van der Waals surface area contributed by atoms with Gasteiger partial charge in [0.2, 0.25) is 5.91 Å². The molecular weight excluding hydrogens is 240 g/mol. The Kier molecular flexibility index (Phi) is 4.80. The molecule has 1 aromatic rings. The van der Waals surface area contributed by atoms with Crippen LogP contribution in [-0.4, -0.2) is 43.6 Å². The van der Waals surface area contributed by atoms with Gasteiger partial charge in [-0.15, -0.1) is 0 Å². The van der Waals surface area contributed by atoms with Gasteiger partial charge in [-0.2, -0.15) is 0 Å². The average Bonchev–Trinajstić information content (AvgIpc) is 2.94. The Morgan fingerprint density at radius 1 is 1.47 bits per heavy atom. The molecule has 1 saturated heterocycles. The first-order valence-corrected chi connectivity index (χ1v) is 6.88. The third-order valence-corrected chi connectivity index (χ3v) is 3.67. The molecule has 1 heterocycles. The van der Waals surface area contributed by atoms with Gasteiger partial charge in [-0.3, -0.25) is 4.79 Å². The number of amides is 1. The molecule has 0 spiro atoms. The molecule has 1 aliphatic heterocycles. The Bertz CT molecular complexity index is 428. The Labute approximate surface area is 114 Å². The van der Waals surface area contributed by atoms with E-state index in [2.05, 4.69) is 5.32 Å². The first-order valence-electron chi connectivity index (χ1n) is 6.88. The smallest absolute Gasteiger partial charge is 0.227 e. The zero-order chi connectivity index (χ0) is 13.7. The van der Waals surface area contributed by atoms with Gasteiger partial charge in [0, 0.05) is 24.7 Å². The first kappa shape index (κ1) is 13.9. The number of ether oxygens (including phenoxy) is 1. The molecule has 0 aromatic heterocycles. The van der Waals surface area contributed by atoms with Crippen molar-refractivity contribution < 1.29 is 9.53 Å². The van der Waals surface area contributed by atoms with E-state index in [9.17, 15) is 4.79 Å². The predicted octanol–water partition coefficient (Wildman–Crippen LogP) is 1.45. The number of benzene rings is 1. The SMILES string of the molecule is CCN(C(=O)Cc1ccccc1OC)C1CCNC1. The lowest BCUT2D eigenvalue weighted by atomic mass is 10.1. The van der Waals surface area contributed by atoms with Crippen molar-refractivity contribution in [3.05, 3.63) is 29.8 Å². The van der Waals surface area contributed by atoms with Crippen LogP contribution in [0.3, 0.4) is 0 Å². The minimum absolute atomic E-state index is 0.181. The molecule has 1 fully saturated rings. The fourth-order valence-corrected chi connectivity index (χ4v) is 2.66. The van der Waals surface area contributed by atoms with Crippen LogP contribution >= 0.6 is 0 Å². The largest absolute Gasteiger partial charge is 0.496 e. The second kappa shape index (κ2) is 6.57. The van der Waals surface area contributed by atoms with Crippen LogP contribution in [0, 0.1) is 0 Å². The Balaban J connectivity index is 2.06. The summed E-state index contributed by atoms with van der Waals surface area (Å²) in [7, 11) is 1.64. The number of hydrogen-bond acceptors (Lipinski definition) is 3. The quantitative estimate of drug-likeness (QED) is 0.873. The molecule has 0 saturated carbocycles. The van der Waals surface area contributed by atoms with Crippen LogP contribution in [0.5, 0.6) is 5.75 Å². The van der Waals surface area contributed by atoms with Gasteiger partial charge in [0.25, 0.3) is 0 Å². The van der Waals surface area contributed by atoms with Gasteiger partial charge in [0.05, 0.1) is 13.5 Å². The summed E-state index contributed by atoms with van der Waals surface area (Å²) in [5.74, 6) is 0.970. The Morgan fingerprint density at radius 2 is 2.26 bits per heavy atom. The fraction of sp³-hybridized carbons (Fsp3) is 0.533. The highest BCUT2D eigenvalue weighted by atomic mass is 16.5. The molecule has 2 rings (SSSR count). The minimum atomic E-state index is 0.181. The number of likely N-dealkylation sites (N-methyl/N-ethyl adjacent to an activating group) is 1. The fourth-order valence-electron chi connectivity index (χ4n) is 2.66. The first-order chi connectivity index (χ1) is 9.26. The molecule has 4 nitrogen and oxygen atoms in total. The summed E-state index contributed by atoms with van der Waals surface area (Å²) in [6.45, 7) is 4.72. The highest BCUT2D eigenvalue weighted by Gasteiger charge is 2.25. The number of para-hydroxylation sites is 1. The standard InChI is InChI=1S/C15H22N2O2/c1-3-17(13-8-9-16-11-13)15(18)10-12-6-4-5-7-14(12)19-2/h4-7,13,16H,3,8-11H2,1-2H3. The lowest BCUT2D eigenvalue weighted by Gasteiger charge is -2.27. The number of carbonyl (C=O) groups is 1. The van der Waals surface area contributed by atoms with Crippen molar-refractivity contribution in [2.24, 2.45) is 0 Å². The molecule has 1 atom stereocenters. The van der Waals surface area contributed by atoms with E-state index in [4.69, 9.17) is 4.74 Å². The summed E-state index contributed by atoms with van der Waals surface area (Å²) in [4.78, 5) is 14.4. The second-order valence-electron chi connectivity index (χ2n) is 4.82. The van der Waals surface area contributed by atoms with Crippen molar-refractivity contribution >= 4 is 5.91 Å². The van der Waals surface area contributed by atoms with Gasteiger partial charge in [-0.1, -0.05) is 18.2 Å². The topological polar surface area (TPSA) is 41.6 Å². The second-order valence-corrected chi connectivity index (χ2v) is 4.82. The average molecular weight is 262 g/mol. The number of rotatable bonds is 5. The van der Waals surface area contributed by atoms with Gasteiger partial charge in [0.15, 0.2) is 0 Å². The highest BCUT2D eigenvalue weighted by molar-refractivity contribution is 5.79. The summed E-state index contributed by atoms with van der Waals surface area (Å²) in [5, 5.41) is 3.31. The number of methoxy groups -OCH3 is 1. The molecule has 0 radical (unpaired) electrons. The maximum absolute atomic E-state index is 12.4. The van der Waals surface area contributed by atoms with Crippen LogP contribution in [0.4, 0.5) is 0 Å². The maximum atomic E-state index is 12.4. The van der Waals surface area contributed by atoms with Crippen molar-refractivity contribution in [1.29, 1.82) is 0 Å². The Morgan fingerprint density at radius 3 is 2.89 bits per heavy atom. The molecule has 1 amide bonds. The van der Waals surface area contributed by atoms with E-state index in [1.165, 1.54) is 0 Å². The van der Waals surface area contributed by atoms with E-state index in [-0.39, 0.29) is 5.91 Å². The van der Waals surface area contributed by atoms with E-state index >= 15 is 0 Å². The van der Waals surface area contributed by atoms with E-state index in [0.29, 0.717) is 12.5 Å². The summed E-state index contributed by atoms with van der Waals surface area (Å²) in [5.41, 5.74) is 0.958. The predicted molar refractivity (Wildman–Crippen MR) is 75.4 cm³/mol. The zero-order valence-electron chi connectivity index (χ0n) is 11.7. The van der Waals surface area contributed by atoms with Crippen molar-refractivity contribution in [2.45, 2.75) is 25.8 Å². The number of hydrogen-bond donors (Lipinski definition) is 1. The van der Waals surface area contributed by atoms with Crippen molar-refractivity contribution in [3.8, 4) is 5.75 Å². The zero-order valence-corrected chi connectivity index (χ0v) is 11.7. The molecular formula is C15H22N2O2. The molecule has 1 unspecified atom stereocenters. The lowest BCUT2D eigenvalue weighted by molar-refractivity contribution is -0.132. The highest BCUT2D eigenvalue weighted by Crippen LogP contribution is 2.19. The van der Waals surface area contributed by atoms with E-state index < -0.39 is 0 Å². The van der Waals surface area contributed by atoms with Crippen molar-refractivity contribution in [2.75, 3.05) is 26.7 Å². The van der Waals surface area contributed by atoms with Gasteiger partial charge in [-0.25, -0.2) is 0 Å². The van der Waals surface area contributed by atoms with Crippen LogP contribution in [0.2, 0.25) is 0 Å². The van der Waals surface area contributed by atoms with E-state index in [1.54, 1.807) is 7.11 Å². The van der Waals surface area contributed by atoms with Gasteiger partial charge >= 0.3 is 0 Å². The van der Waals surface area contributed by atoms with Gasteiger partial charge < -0.3 is 15.0 Å². The third-order valence-electron chi connectivity index (χ3n) is 3.67. The molecule has 104 valence electrons. The van der Waals surface area contributed by atoms with Gasteiger partial charge in [0.1, 0.15) is 5.75 Å². The Hall–Kier alpha value is -1.55. The molecule has 1 N–H and O–H groups in total. The molecule has 1 aromatic carbocycles. The van der Waals surface area contributed by atoms with Gasteiger partial charge in [-0.05, 0) is 26.0 Å². The maximum Gasteiger partial charge on any atom is 0.227 e. The van der Waals surface area contributed by atoms with E-state index in [1.807, 2.05) is 36.1 Å². The third kappa shape index (κ3) is 3.26. The molecule has 0 bridgehead atoms. The number of nitrogens with one attached hydrogen (secondary N) is 1. The van der Waals surface area contributed by atoms with Crippen LogP contribution in [-0.2, 0) is 11.2 Å². The molecule has 4 heteroatoms. The van der Waals surface area contributed by atoms with Crippen LogP contribution < -0.4 is 10.1 Å². The van der Waals surface area contributed by atoms with Crippen molar-refractivity contribution in [3.63, 3.8) is 0 Å². The molecule has 19 heavy (non-hydrogen) atoms. The molecule has 0 aliphatic carbocycles. The normalized spacial score (nSPS) is 18.3. The summed E-state index contributed by atoms with van der Waals surface area (Å²) < 4.78 is 5.30. The summed E-state index contributed by atoms with van der Waals surface area (Å²) in [6, 6.07) is 8.06. The number of nitrogens with zero attached hydrogens (tertiary/aromatic N) is 1. The summed E-state index contributed by atoms with van der Waals surface area (Å²) >= 11 is 0. The molecule has 1 aliphatic rings. The van der Waals surface area contributed by atoms with Crippen LogP contribution in [0.1, 0.15) is 18.9 Å². The van der Waals surface area contributed by atoms with Crippen LogP contribution in [0.15, 0.2) is 24.3 Å². The van der Waals surface area contributed by atoms with Crippen molar-refractivity contribution in [1.82, 2.24) is 10.2 Å². The minimum Gasteiger partial charge on any atom is -0.496 e.